The molecule has 0 aliphatic heterocycles. The smallest absolute Gasteiger partial charge is 0.354 e. The number of benzene rings is 2. The molecule has 5 aromatic rings. The van der Waals surface area contributed by atoms with E-state index in [1.807, 2.05) is 0 Å². The van der Waals surface area contributed by atoms with Gasteiger partial charge in [0.25, 0.3) is 5.56 Å². The van der Waals surface area contributed by atoms with E-state index in [0.717, 1.165) is 42.4 Å². The third-order valence-corrected chi connectivity index (χ3v) is 8.77. The number of nitrogens with one attached hydrogen (secondary N) is 1. The van der Waals surface area contributed by atoms with E-state index >= 15 is 8.78 Å². The molecule has 8 nitrogen and oxygen atoms in total. The van der Waals surface area contributed by atoms with Gasteiger partial charge in [0, 0.05) is 34.1 Å². The van der Waals surface area contributed by atoms with Crippen LogP contribution in [-0.4, -0.2) is 57.7 Å². The zero-order valence-electron chi connectivity index (χ0n) is 26.4. The molecule has 1 N–H and O–H groups in total. The number of carbonyl (C=O) groups excluding carboxylic acids is 1. The Kier molecular flexibility index (Phi) is 10.5. The fourth-order valence-corrected chi connectivity index (χ4v) is 6.08. The molecule has 252 valence electrons. The number of thiophene rings is 1. The molecule has 2 aromatic carbocycles. The minimum Gasteiger partial charge on any atom is -0.354 e. The van der Waals surface area contributed by atoms with Crippen LogP contribution < -0.4 is 15.8 Å². The Morgan fingerprint density at radius 1 is 0.979 bits per heavy atom. The first-order valence-corrected chi connectivity index (χ1v) is 16.2. The lowest BCUT2D eigenvalue weighted by atomic mass is 10.0. The molecule has 0 aliphatic rings. The van der Waals surface area contributed by atoms with Crippen molar-refractivity contribution in [2.75, 3.05) is 36.4 Å². The molecule has 5 rings (SSSR count). The van der Waals surface area contributed by atoms with Gasteiger partial charge < -0.3 is 10.2 Å². The summed E-state index contributed by atoms with van der Waals surface area (Å²) in [5.74, 6) is -3.99. The summed E-state index contributed by atoms with van der Waals surface area (Å²) in [6, 6.07) is 13.4. The average molecular weight is 685 g/mol. The molecule has 0 aliphatic carbocycles. The maximum atomic E-state index is 15.1. The van der Waals surface area contributed by atoms with Crippen molar-refractivity contribution in [2.24, 2.45) is 0 Å². The van der Waals surface area contributed by atoms with Crippen molar-refractivity contribution < 1.29 is 26.7 Å². The van der Waals surface area contributed by atoms with E-state index < -0.39 is 35.0 Å². The van der Waals surface area contributed by atoms with Gasteiger partial charge in [-0.15, -0.1) is 11.3 Å². The van der Waals surface area contributed by atoms with Crippen LogP contribution in [0, 0.1) is 18.6 Å². The lowest BCUT2D eigenvalue weighted by molar-refractivity contribution is -0.170. The number of alkyl halides is 3. The number of hydrogen-bond acceptors (Lipinski definition) is 7. The monoisotopic (exact) mass is 684 g/mol. The number of pyridine rings is 1. The van der Waals surface area contributed by atoms with Gasteiger partial charge in [0.05, 0.1) is 12.2 Å². The third-order valence-electron chi connectivity index (χ3n) is 7.91. The van der Waals surface area contributed by atoms with Crippen LogP contribution in [0.3, 0.4) is 0 Å². The van der Waals surface area contributed by atoms with Gasteiger partial charge in [-0.05, 0) is 80.3 Å². The normalized spacial score (nSPS) is 11.8. The SMILES string of the molecule is CCN(CC)CCCNc1nc(-c2cc(N(Cc3cccs3)C(=O)C(F)(F)F)ccc2C)c2ccc(=O)n(-c3c(F)cccc3F)c2n1. The maximum Gasteiger partial charge on any atom is 0.471 e. The van der Waals surface area contributed by atoms with E-state index in [2.05, 4.69) is 29.0 Å². The standard InChI is InChI=1S/C34H33F5N6O2S/c1-4-43(5-2)17-8-16-40-33-41-29(24-14-15-28(46)45(31(24)42-33)30-26(35)10-6-11-27(30)36)25-19-22(13-12-21(25)3)44(32(47)34(37,38)39)20-23-9-7-18-48-23/h6-7,9-15,18-19H,4-5,8,16-17,20H2,1-3H3,(H,40,41,42). The van der Waals surface area contributed by atoms with E-state index in [0.29, 0.717) is 33.9 Å². The molecule has 3 aromatic heterocycles. The van der Waals surface area contributed by atoms with Crippen LogP contribution >= 0.6 is 11.3 Å². The van der Waals surface area contributed by atoms with Crippen molar-refractivity contribution in [2.45, 2.75) is 39.9 Å². The van der Waals surface area contributed by atoms with Crippen molar-refractivity contribution in [1.29, 1.82) is 0 Å². The molecule has 14 heteroatoms. The summed E-state index contributed by atoms with van der Waals surface area (Å²) >= 11 is 1.21. The van der Waals surface area contributed by atoms with Gasteiger partial charge >= 0.3 is 12.1 Å². The molecule has 0 saturated heterocycles. The van der Waals surface area contributed by atoms with Crippen molar-refractivity contribution in [1.82, 2.24) is 19.4 Å². The van der Waals surface area contributed by atoms with E-state index in [9.17, 15) is 22.8 Å². The number of aromatic nitrogens is 3. The fraction of sp³-hybridized carbons (Fsp3) is 0.294. The second-order valence-electron chi connectivity index (χ2n) is 11.0. The summed E-state index contributed by atoms with van der Waals surface area (Å²) in [6.07, 6.45) is -4.44. The summed E-state index contributed by atoms with van der Waals surface area (Å²) in [5.41, 5.74) is -0.449. The first-order valence-electron chi connectivity index (χ1n) is 15.3. The Hall–Kier alpha value is -4.69. The number of halogens is 5. The highest BCUT2D eigenvalue weighted by molar-refractivity contribution is 7.09. The number of hydrogen-bond donors (Lipinski definition) is 1. The molecule has 0 unspecified atom stereocenters. The van der Waals surface area contributed by atoms with Gasteiger partial charge in [0.1, 0.15) is 17.3 Å². The van der Waals surface area contributed by atoms with E-state index in [4.69, 9.17) is 4.98 Å². The van der Waals surface area contributed by atoms with Gasteiger partial charge in [0.15, 0.2) is 5.65 Å². The van der Waals surface area contributed by atoms with Crippen molar-refractivity contribution >= 4 is 39.9 Å². The zero-order chi connectivity index (χ0) is 34.6. The number of carbonyl (C=O) groups is 1. The molecular weight excluding hydrogens is 651 g/mol. The summed E-state index contributed by atoms with van der Waals surface area (Å²) < 4.78 is 72.5. The number of fused-ring (bicyclic) bond motifs is 1. The highest BCUT2D eigenvalue weighted by atomic mass is 32.1. The van der Waals surface area contributed by atoms with E-state index in [1.165, 1.54) is 35.6 Å². The number of amides is 1. The largest absolute Gasteiger partial charge is 0.471 e. The molecule has 0 atom stereocenters. The highest BCUT2D eigenvalue weighted by Gasteiger charge is 2.43. The van der Waals surface area contributed by atoms with Gasteiger partial charge in [-0.25, -0.2) is 13.8 Å². The fourth-order valence-electron chi connectivity index (χ4n) is 5.39. The minimum absolute atomic E-state index is 0.0414. The van der Waals surface area contributed by atoms with Crippen molar-refractivity contribution in [3.8, 4) is 16.9 Å². The van der Waals surface area contributed by atoms with E-state index in [1.54, 1.807) is 30.5 Å². The van der Waals surface area contributed by atoms with Gasteiger partial charge in [-0.3, -0.25) is 19.1 Å². The zero-order valence-corrected chi connectivity index (χ0v) is 27.3. The molecule has 0 bridgehead atoms. The summed E-state index contributed by atoms with van der Waals surface area (Å²) in [5, 5.41) is 5.05. The Labute approximate surface area is 277 Å². The van der Waals surface area contributed by atoms with Gasteiger partial charge in [-0.2, -0.15) is 18.2 Å². The Balaban J connectivity index is 1.70. The van der Waals surface area contributed by atoms with Crippen LogP contribution in [0.2, 0.25) is 0 Å². The van der Waals surface area contributed by atoms with Crippen LogP contribution in [0.15, 0.2) is 70.8 Å². The van der Waals surface area contributed by atoms with Crippen LogP contribution in [0.1, 0.15) is 30.7 Å². The van der Waals surface area contributed by atoms with Crippen LogP contribution in [0.5, 0.6) is 0 Å². The summed E-state index contributed by atoms with van der Waals surface area (Å²) in [7, 11) is 0. The molecule has 48 heavy (non-hydrogen) atoms. The summed E-state index contributed by atoms with van der Waals surface area (Å²) in [4.78, 5) is 38.5. The summed E-state index contributed by atoms with van der Waals surface area (Å²) in [6.45, 7) is 8.42. The molecule has 0 radical (unpaired) electrons. The second-order valence-corrected chi connectivity index (χ2v) is 12.0. The number of anilines is 2. The lowest BCUT2D eigenvalue weighted by Crippen LogP contribution is -2.40. The van der Waals surface area contributed by atoms with Gasteiger partial charge in [-0.1, -0.05) is 32.0 Å². The Morgan fingerprint density at radius 2 is 1.71 bits per heavy atom. The Bertz CT molecular complexity index is 1960. The molecule has 0 fully saturated rings. The number of para-hydroxylation sites is 1. The molecular formula is C34H33F5N6O2S. The van der Waals surface area contributed by atoms with Crippen molar-refractivity contribution in [3.05, 3.63) is 98.5 Å². The molecule has 3 heterocycles. The maximum absolute atomic E-state index is 15.1. The Morgan fingerprint density at radius 3 is 2.35 bits per heavy atom. The first-order chi connectivity index (χ1) is 22.9. The molecule has 0 spiro atoms. The average Bonchev–Trinajstić information content (AvgIpc) is 3.57. The number of aryl methyl sites for hydroxylation is 1. The van der Waals surface area contributed by atoms with E-state index in [-0.39, 0.29) is 34.9 Å². The third kappa shape index (κ3) is 7.39. The van der Waals surface area contributed by atoms with Crippen LogP contribution in [-0.2, 0) is 11.3 Å². The molecule has 0 saturated carbocycles. The van der Waals surface area contributed by atoms with Crippen LogP contribution in [0.25, 0.3) is 28.0 Å². The lowest BCUT2D eigenvalue weighted by Gasteiger charge is -2.24. The minimum atomic E-state index is -5.15. The highest BCUT2D eigenvalue weighted by Crippen LogP contribution is 2.35. The quantitative estimate of drug-likeness (QED) is 0.110. The first kappa shape index (κ1) is 34.6. The predicted octanol–water partition coefficient (Wildman–Crippen LogP) is 7.34. The van der Waals surface area contributed by atoms with Crippen molar-refractivity contribution in [3.63, 3.8) is 0 Å². The predicted molar refractivity (Wildman–Crippen MR) is 178 cm³/mol. The second kappa shape index (κ2) is 14.6. The number of rotatable bonds is 12. The number of nitrogens with zero attached hydrogens (tertiary/aromatic N) is 5. The van der Waals surface area contributed by atoms with Crippen LogP contribution in [0.4, 0.5) is 33.6 Å². The molecule has 1 amide bonds. The topological polar surface area (TPSA) is 83.4 Å². The van der Waals surface area contributed by atoms with Gasteiger partial charge in [0.2, 0.25) is 5.95 Å².